The number of nitrogens with one attached hydrogen (secondary N) is 1. The average Bonchev–Trinajstić information content (AvgIpc) is 3.00. The number of nitrogens with zero attached hydrogens (tertiary/aromatic N) is 2. The number of rotatable bonds is 3. The summed E-state index contributed by atoms with van der Waals surface area (Å²) in [6.45, 7) is 7.61. The van der Waals surface area contributed by atoms with Gasteiger partial charge in [0.15, 0.2) is 5.03 Å². The molecule has 0 saturated heterocycles. The molecule has 3 rings (SSSR count). The van der Waals surface area contributed by atoms with Gasteiger partial charge in [-0.1, -0.05) is 20.8 Å². The van der Waals surface area contributed by atoms with E-state index < -0.39 is 10.0 Å². The highest BCUT2D eigenvalue weighted by Gasteiger charge is 2.37. The lowest BCUT2D eigenvalue weighted by atomic mass is 9.80. The number of fused-ring (bicyclic) bond motifs is 1. The van der Waals surface area contributed by atoms with E-state index >= 15 is 0 Å². The molecule has 0 amide bonds. The van der Waals surface area contributed by atoms with E-state index in [2.05, 4.69) is 30.6 Å². The summed E-state index contributed by atoms with van der Waals surface area (Å²) >= 11 is 0. The second-order valence-corrected chi connectivity index (χ2v) is 9.48. The second kappa shape index (κ2) is 5.86. The fourth-order valence-electron chi connectivity index (χ4n) is 3.78. The van der Waals surface area contributed by atoms with Crippen LogP contribution in [0.25, 0.3) is 0 Å². The van der Waals surface area contributed by atoms with Crippen molar-refractivity contribution >= 4 is 10.0 Å². The zero-order valence-electron chi connectivity index (χ0n) is 14.4. The average molecular weight is 341 g/mol. The van der Waals surface area contributed by atoms with Gasteiger partial charge in [-0.15, -0.1) is 0 Å². The van der Waals surface area contributed by atoms with E-state index in [0.717, 1.165) is 30.5 Å². The van der Waals surface area contributed by atoms with Gasteiger partial charge in [0.05, 0.1) is 18.9 Å². The molecule has 2 atom stereocenters. The first-order valence-corrected chi connectivity index (χ1v) is 9.81. The summed E-state index contributed by atoms with van der Waals surface area (Å²) in [5.74, 6) is 0.555. The van der Waals surface area contributed by atoms with Gasteiger partial charge in [0.2, 0.25) is 0 Å². The maximum Gasteiger partial charge on any atom is 0.258 e. The molecule has 0 aromatic carbocycles. The molecular formula is C16H27N3O3S. The van der Waals surface area contributed by atoms with Crippen molar-refractivity contribution in [2.75, 3.05) is 6.61 Å². The molecule has 1 aromatic heterocycles. The maximum absolute atomic E-state index is 12.9. The molecule has 1 saturated carbocycles. The van der Waals surface area contributed by atoms with E-state index in [0.29, 0.717) is 25.6 Å². The molecule has 2 aliphatic rings. The van der Waals surface area contributed by atoms with Crippen molar-refractivity contribution in [3.63, 3.8) is 0 Å². The molecule has 1 aliphatic heterocycles. The van der Waals surface area contributed by atoms with Crippen LogP contribution in [0.2, 0.25) is 0 Å². The number of aromatic nitrogens is 2. The van der Waals surface area contributed by atoms with Crippen LogP contribution < -0.4 is 4.72 Å². The van der Waals surface area contributed by atoms with Crippen LogP contribution in [0.1, 0.15) is 51.3 Å². The molecule has 1 fully saturated rings. The Balaban J connectivity index is 1.80. The summed E-state index contributed by atoms with van der Waals surface area (Å²) < 4.78 is 35.6. The Morgan fingerprint density at radius 2 is 2.04 bits per heavy atom. The highest BCUT2D eigenvalue weighted by molar-refractivity contribution is 7.89. The van der Waals surface area contributed by atoms with Gasteiger partial charge in [-0.05, 0) is 30.6 Å². The van der Waals surface area contributed by atoms with Crippen molar-refractivity contribution in [1.29, 1.82) is 0 Å². The van der Waals surface area contributed by atoms with Crippen LogP contribution in [0.3, 0.4) is 0 Å². The van der Waals surface area contributed by atoms with Gasteiger partial charge in [0.1, 0.15) is 0 Å². The van der Waals surface area contributed by atoms with Gasteiger partial charge in [0, 0.05) is 25.1 Å². The summed E-state index contributed by atoms with van der Waals surface area (Å²) in [5, 5.41) is 4.63. The maximum atomic E-state index is 12.9. The molecule has 1 N–H and O–H groups in total. The molecular weight excluding hydrogens is 314 g/mol. The lowest BCUT2D eigenvalue weighted by Gasteiger charge is -2.27. The minimum Gasteiger partial charge on any atom is -0.376 e. The Hall–Kier alpha value is -0.920. The van der Waals surface area contributed by atoms with Gasteiger partial charge in [-0.2, -0.15) is 5.10 Å². The molecule has 7 heteroatoms. The van der Waals surface area contributed by atoms with E-state index in [1.54, 1.807) is 7.05 Å². The molecule has 0 bridgehead atoms. The normalized spacial score (nSPS) is 25.6. The summed E-state index contributed by atoms with van der Waals surface area (Å²) in [4.78, 5) is 0. The van der Waals surface area contributed by atoms with Crippen molar-refractivity contribution in [3.8, 4) is 0 Å². The Morgan fingerprint density at radius 1 is 1.30 bits per heavy atom. The van der Waals surface area contributed by atoms with Crippen molar-refractivity contribution in [1.82, 2.24) is 14.5 Å². The molecule has 130 valence electrons. The van der Waals surface area contributed by atoms with E-state index in [1.165, 1.54) is 4.68 Å². The molecule has 2 unspecified atom stereocenters. The topological polar surface area (TPSA) is 73.2 Å². The predicted molar refractivity (Wildman–Crippen MR) is 87.5 cm³/mol. The Morgan fingerprint density at radius 3 is 2.70 bits per heavy atom. The monoisotopic (exact) mass is 341 g/mol. The number of aryl methyl sites for hydroxylation is 1. The van der Waals surface area contributed by atoms with Crippen molar-refractivity contribution in [2.24, 2.45) is 18.4 Å². The number of ether oxygens (including phenoxy) is 1. The second-order valence-electron chi connectivity index (χ2n) is 7.85. The Bertz CT molecular complexity index is 688. The highest BCUT2D eigenvalue weighted by Crippen LogP contribution is 2.39. The van der Waals surface area contributed by atoms with Gasteiger partial charge >= 0.3 is 0 Å². The first-order valence-electron chi connectivity index (χ1n) is 8.33. The highest BCUT2D eigenvalue weighted by atomic mass is 32.2. The van der Waals surface area contributed by atoms with E-state index in [4.69, 9.17) is 4.74 Å². The zero-order valence-corrected chi connectivity index (χ0v) is 15.2. The van der Waals surface area contributed by atoms with Crippen LogP contribution in [0.5, 0.6) is 0 Å². The minimum absolute atomic E-state index is 0.0132. The standard InChI is InChI=1S/C16H27N3O3S/c1-16(2,3)11-5-6-12(9-11)18-23(20,21)15-13-10-22-8-7-14(13)17-19(15)4/h11-12,18H,5-10H2,1-4H3. The van der Waals surface area contributed by atoms with E-state index in [1.807, 2.05) is 0 Å². The molecule has 6 nitrogen and oxygen atoms in total. The van der Waals surface area contributed by atoms with Crippen LogP contribution >= 0.6 is 0 Å². The summed E-state index contributed by atoms with van der Waals surface area (Å²) in [5.41, 5.74) is 1.79. The SMILES string of the molecule is Cn1nc2c(c1S(=O)(=O)NC1CCC(C(C)(C)C)C1)COCC2. The van der Waals surface area contributed by atoms with Gasteiger partial charge in [-0.25, -0.2) is 13.1 Å². The smallest absolute Gasteiger partial charge is 0.258 e. The summed E-state index contributed by atoms with van der Waals surface area (Å²) in [6.07, 6.45) is 3.55. The van der Waals surface area contributed by atoms with E-state index in [-0.39, 0.29) is 16.5 Å². The first-order chi connectivity index (χ1) is 10.7. The summed E-state index contributed by atoms with van der Waals surface area (Å²) in [6, 6.07) is 0.0132. The van der Waals surface area contributed by atoms with Crippen LogP contribution in [0, 0.1) is 11.3 Å². The third-order valence-electron chi connectivity index (χ3n) is 5.13. The van der Waals surface area contributed by atoms with E-state index in [9.17, 15) is 8.42 Å². The minimum atomic E-state index is -3.57. The fourth-order valence-corrected chi connectivity index (χ4v) is 5.44. The third kappa shape index (κ3) is 3.32. The van der Waals surface area contributed by atoms with Crippen molar-refractivity contribution < 1.29 is 13.2 Å². The van der Waals surface area contributed by atoms with Crippen molar-refractivity contribution in [3.05, 3.63) is 11.3 Å². The predicted octanol–water partition coefficient (Wildman–Crippen LogP) is 1.99. The number of hydrogen-bond donors (Lipinski definition) is 1. The fraction of sp³-hybridized carbons (Fsp3) is 0.812. The molecule has 23 heavy (non-hydrogen) atoms. The molecule has 1 aromatic rings. The largest absolute Gasteiger partial charge is 0.376 e. The van der Waals surface area contributed by atoms with Gasteiger partial charge < -0.3 is 4.74 Å². The van der Waals surface area contributed by atoms with Crippen LogP contribution in [0.15, 0.2) is 5.03 Å². The Kier molecular flexibility index (Phi) is 4.31. The van der Waals surface area contributed by atoms with Gasteiger partial charge in [0.25, 0.3) is 10.0 Å². The lowest BCUT2D eigenvalue weighted by molar-refractivity contribution is 0.108. The quantitative estimate of drug-likeness (QED) is 0.912. The molecule has 2 heterocycles. The van der Waals surface area contributed by atoms with Gasteiger partial charge in [-0.3, -0.25) is 4.68 Å². The van der Waals surface area contributed by atoms with Crippen LogP contribution in [-0.2, 0) is 34.8 Å². The zero-order chi connectivity index (χ0) is 16.8. The number of hydrogen-bond acceptors (Lipinski definition) is 4. The molecule has 1 aliphatic carbocycles. The van der Waals surface area contributed by atoms with Crippen molar-refractivity contribution in [2.45, 2.75) is 64.1 Å². The third-order valence-corrected chi connectivity index (χ3v) is 6.80. The summed E-state index contributed by atoms with van der Waals surface area (Å²) in [7, 11) is -1.88. The van der Waals surface area contributed by atoms with Crippen LogP contribution in [0.4, 0.5) is 0 Å². The Labute approximate surface area is 138 Å². The first kappa shape index (κ1) is 16.9. The number of sulfonamides is 1. The lowest BCUT2D eigenvalue weighted by Crippen LogP contribution is -2.35. The molecule has 0 radical (unpaired) electrons. The van der Waals surface area contributed by atoms with Crippen LogP contribution in [-0.4, -0.2) is 30.8 Å². The molecule has 0 spiro atoms.